The van der Waals surface area contributed by atoms with Gasteiger partial charge in [0.15, 0.2) is 0 Å². The molecule has 2 nitrogen and oxygen atoms in total. The molecule has 0 fully saturated rings. The Labute approximate surface area is 87.0 Å². The van der Waals surface area contributed by atoms with Crippen LogP contribution in [0.2, 0.25) is 0 Å². The number of hydrogen-bond donors (Lipinski definition) is 1. The number of rotatable bonds is 2. The Morgan fingerprint density at radius 2 is 2.00 bits per heavy atom. The van der Waals surface area contributed by atoms with Crippen LogP contribution in [0.1, 0.15) is 15.9 Å². The first-order chi connectivity index (χ1) is 5.25. The van der Waals surface area contributed by atoms with Crippen LogP contribution in [-0.2, 0) is 22.4 Å². The fourth-order valence-electron chi connectivity index (χ4n) is 0.899. The van der Waals surface area contributed by atoms with Gasteiger partial charge in [0.1, 0.15) is 0 Å². The third-order valence-electron chi connectivity index (χ3n) is 1.45. The van der Waals surface area contributed by atoms with Gasteiger partial charge < -0.3 is 5.73 Å². The maximum atomic E-state index is 10.8. The second kappa shape index (κ2) is 4.93. The maximum Gasteiger partial charge on any atom is 0.249 e. The Bertz CT molecular complexity index is 296. The summed E-state index contributed by atoms with van der Waals surface area (Å²) in [5.41, 5.74) is 6.40. The van der Waals surface area contributed by atoms with Crippen LogP contribution in [0.25, 0.3) is 6.08 Å². The van der Waals surface area contributed by atoms with Gasteiger partial charge in [-0.25, -0.2) is 0 Å². The Kier molecular flexibility index (Phi) is 4.59. The number of carbonyl (C=O) groups excluding carboxylic acids is 1. The summed E-state index contributed by atoms with van der Waals surface area (Å²) in [7, 11) is 0. The molecule has 0 aliphatic carbocycles. The molecule has 0 aromatic heterocycles. The number of carbonyl (C=O) groups is 1. The molecule has 0 aliphatic rings. The van der Waals surface area contributed by atoms with E-state index in [1.165, 1.54) is 0 Å². The van der Waals surface area contributed by atoms with Crippen molar-refractivity contribution in [2.45, 2.75) is 0 Å². The van der Waals surface area contributed by atoms with Gasteiger partial charge in [-0.15, -0.1) is 0 Å². The van der Waals surface area contributed by atoms with E-state index in [0.29, 0.717) is 5.56 Å². The minimum Gasteiger partial charge on any atom is -0.366 e. The Morgan fingerprint density at radius 3 is 2.42 bits per heavy atom. The van der Waals surface area contributed by atoms with Crippen LogP contribution in [0.4, 0.5) is 0 Å². The minimum atomic E-state index is -0.416. The van der Waals surface area contributed by atoms with E-state index in [-0.39, 0.29) is 22.4 Å². The Morgan fingerprint density at radius 1 is 1.42 bits per heavy atom. The predicted molar refractivity (Wildman–Crippen MR) is 45.1 cm³/mol. The van der Waals surface area contributed by atoms with E-state index in [9.17, 15) is 4.79 Å². The summed E-state index contributed by atoms with van der Waals surface area (Å²) in [6.07, 6.45) is 1.61. The zero-order valence-corrected chi connectivity index (χ0v) is 8.73. The van der Waals surface area contributed by atoms with Crippen molar-refractivity contribution in [3.8, 4) is 0 Å². The van der Waals surface area contributed by atoms with E-state index in [2.05, 4.69) is 6.58 Å². The fourth-order valence-corrected chi connectivity index (χ4v) is 0.899. The van der Waals surface area contributed by atoms with E-state index in [1.54, 1.807) is 24.3 Å². The molecule has 1 amide bonds. The molecule has 1 aromatic carbocycles. The molecule has 0 spiro atoms. The van der Waals surface area contributed by atoms with Gasteiger partial charge >= 0.3 is 0 Å². The molecule has 0 unspecified atom stereocenters. The van der Waals surface area contributed by atoms with Gasteiger partial charge in [-0.2, -0.15) is 0 Å². The standard InChI is InChI=1S/C9H9NO.Nb/c1-2-7-5-3-4-6-8(7)9(10)11;/h2-6H,1H2,(H2,10,11);. The molecular weight excluding hydrogens is 231 g/mol. The van der Waals surface area contributed by atoms with E-state index in [0.717, 1.165) is 5.56 Å². The van der Waals surface area contributed by atoms with Crippen molar-refractivity contribution < 1.29 is 27.2 Å². The van der Waals surface area contributed by atoms with Gasteiger partial charge in [0, 0.05) is 27.9 Å². The third kappa shape index (κ3) is 2.34. The molecule has 3 heteroatoms. The molecule has 1 radical (unpaired) electrons. The molecule has 0 saturated heterocycles. The Balaban J connectivity index is 0.00000121. The first kappa shape index (κ1) is 11.2. The summed E-state index contributed by atoms with van der Waals surface area (Å²) in [5, 5.41) is 0. The van der Waals surface area contributed by atoms with E-state index in [1.807, 2.05) is 6.07 Å². The normalized spacial score (nSPS) is 8.33. The summed E-state index contributed by atoms with van der Waals surface area (Å²) in [5.74, 6) is -0.416. The monoisotopic (exact) mass is 240 g/mol. The van der Waals surface area contributed by atoms with Crippen molar-refractivity contribution in [2.24, 2.45) is 5.73 Å². The summed E-state index contributed by atoms with van der Waals surface area (Å²) in [6, 6.07) is 7.09. The third-order valence-corrected chi connectivity index (χ3v) is 1.45. The zero-order chi connectivity index (χ0) is 8.27. The van der Waals surface area contributed by atoms with Crippen molar-refractivity contribution in [1.82, 2.24) is 0 Å². The second-order valence-corrected chi connectivity index (χ2v) is 2.16. The molecule has 0 bridgehead atoms. The van der Waals surface area contributed by atoms with Crippen LogP contribution < -0.4 is 5.73 Å². The van der Waals surface area contributed by atoms with Crippen LogP contribution in [0.5, 0.6) is 0 Å². The minimum absolute atomic E-state index is 0. The summed E-state index contributed by atoms with van der Waals surface area (Å²) in [4.78, 5) is 10.8. The zero-order valence-electron chi connectivity index (χ0n) is 6.53. The molecule has 0 heterocycles. The second-order valence-electron chi connectivity index (χ2n) is 2.16. The van der Waals surface area contributed by atoms with Gasteiger partial charge in [-0.05, 0) is 11.6 Å². The average molecular weight is 240 g/mol. The topological polar surface area (TPSA) is 43.1 Å². The van der Waals surface area contributed by atoms with Crippen LogP contribution in [0.15, 0.2) is 30.8 Å². The van der Waals surface area contributed by atoms with Gasteiger partial charge in [0.25, 0.3) is 0 Å². The number of nitrogens with two attached hydrogens (primary N) is 1. The number of primary amides is 1. The molecule has 0 atom stereocenters. The number of hydrogen-bond acceptors (Lipinski definition) is 1. The first-order valence-corrected chi connectivity index (χ1v) is 3.27. The van der Waals surface area contributed by atoms with Crippen molar-refractivity contribution in [1.29, 1.82) is 0 Å². The molecule has 1 rings (SSSR count). The van der Waals surface area contributed by atoms with Gasteiger partial charge in [0.05, 0.1) is 0 Å². The molecule has 1 aromatic rings. The molecule has 2 N–H and O–H groups in total. The first-order valence-electron chi connectivity index (χ1n) is 3.27. The Hall–Kier alpha value is -0.830. The maximum absolute atomic E-state index is 10.8. The predicted octanol–water partition coefficient (Wildman–Crippen LogP) is 1.43. The molecule has 0 saturated carbocycles. The van der Waals surface area contributed by atoms with Crippen molar-refractivity contribution in [3.05, 3.63) is 42.0 Å². The van der Waals surface area contributed by atoms with Crippen molar-refractivity contribution in [3.63, 3.8) is 0 Å². The molecule has 0 aliphatic heterocycles. The van der Waals surface area contributed by atoms with Crippen LogP contribution in [-0.4, -0.2) is 5.91 Å². The van der Waals surface area contributed by atoms with E-state index in [4.69, 9.17) is 5.73 Å². The van der Waals surface area contributed by atoms with Crippen molar-refractivity contribution >= 4 is 12.0 Å². The number of benzene rings is 1. The van der Waals surface area contributed by atoms with Gasteiger partial charge in [-0.3, -0.25) is 4.79 Å². The average Bonchev–Trinajstić information content (AvgIpc) is 2.04. The fraction of sp³-hybridized carbons (Fsp3) is 0. The van der Waals surface area contributed by atoms with E-state index < -0.39 is 5.91 Å². The van der Waals surface area contributed by atoms with Crippen LogP contribution in [0, 0.1) is 0 Å². The van der Waals surface area contributed by atoms with E-state index >= 15 is 0 Å². The summed E-state index contributed by atoms with van der Waals surface area (Å²) in [6.45, 7) is 3.57. The molecular formula is C9H9NNbO. The smallest absolute Gasteiger partial charge is 0.249 e. The molecule has 61 valence electrons. The van der Waals surface area contributed by atoms with Crippen LogP contribution in [0.3, 0.4) is 0 Å². The van der Waals surface area contributed by atoms with Crippen LogP contribution >= 0.6 is 0 Å². The van der Waals surface area contributed by atoms with Crippen molar-refractivity contribution in [2.75, 3.05) is 0 Å². The largest absolute Gasteiger partial charge is 0.366 e. The number of amides is 1. The molecule has 12 heavy (non-hydrogen) atoms. The van der Waals surface area contributed by atoms with Gasteiger partial charge in [0.2, 0.25) is 5.91 Å². The van der Waals surface area contributed by atoms with Gasteiger partial charge in [-0.1, -0.05) is 30.9 Å². The summed E-state index contributed by atoms with van der Waals surface area (Å²) >= 11 is 0. The SMILES string of the molecule is C=Cc1ccccc1C(N)=O.[Nb]. The quantitative estimate of drug-likeness (QED) is 0.780. The summed E-state index contributed by atoms with van der Waals surface area (Å²) < 4.78 is 0.